The minimum absolute atomic E-state index is 0.339. The van der Waals surface area contributed by atoms with Gasteiger partial charge in [0.2, 0.25) is 0 Å². The molecule has 1 saturated heterocycles. The largest absolute Gasteiger partial charge is 0.389 e. The minimum atomic E-state index is -0.407. The van der Waals surface area contributed by atoms with Gasteiger partial charge in [-0.2, -0.15) is 0 Å². The van der Waals surface area contributed by atoms with Crippen molar-refractivity contribution in [2.45, 2.75) is 70.2 Å². The van der Waals surface area contributed by atoms with Gasteiger partial charge in [0.05, 0.1) is 24.9 Å². The van der Waals surface area contributed by atoms with Crippen molar-refractivity contribution in [1.82, 2.24) is 5.32 Å². The van der Waals surface area contributed by atoms with Crippen molar-refractivity contribution < 1.29 is 14.6 Å². The fourth-order valence-corrected chi connectivity index (χ4v) is 3.37. The second-order valence-corrected chi connectivity index (χ2v) is 6.27. The summed E-state index contributed by atoms with van der Waals surface area (Å²) in [7, 11) is 0. The van der Waals surface area contributed by atoms with Crippen LogP contribution in [0.5, 0.6) is 0 Å². The third-order valence-electron chi connectivity index (χ3n) is 4.64. The van der Waals surface area contributed by atoms with Crippen molar-refractivity contribution in [3.63, 3.8) is 0 Å². The second-order valence-electron chi connectivity index (χ2n) is 6.27. The van der Waals surface area contributed by atoms with Crippen molar-refractivity contribution in [3.05, 3.63) is 0 Å². The van der Waals surface area contributed by atoms with Gasteiger partial charge in [0, 0.05) is 19.7 Å². The molecular weight excluding hydrogens is 254 g/mol. The Morgan fingerprint density at radius 3 is 2.85 bits per heavy atom. The molecule has 1 saturated carbocycles. The van der Waals surface area contributed by atoms with Crippen LogP contribution in [0.1, 0.15) is 51.9 Å². The fourth-order valence-electron chi connectivity index (χ4n) is 3.37. The molecule has 0 amide bonds. The Bertz CT molecular complexity index is 256. The summed E-state index contributed by atoms with van der Waals surface area (Å²) in [6.07, 6.45) is 8.85. The molecule has 2 fully saturated rings. The maximum Gasteiger partial charge on any atom is 0.0897 e. The Labute approximate surface area is 123 Å². The highest BCUT2D eigenvalue weighted by molar-refractivity contribution is 4.76. The first-order chi connectivity index (χ1) is 9.79. The minimum Gasteiger partial charge on any atom is -0.389 e. The van der Waals surface area contributed by atoms with E-state index in [-0.39, 0.29) is 0 Å². The van der Waals surface area contributed by atoms with Crippen LogP contribution in [0.4, 0.5) is 0 Å². The summed E-state index contributed by atoms with van der Waals surface area (Å²) in [5.41, 5.74) is 0. The maximum atomic E-state index is 9.98. The van der Waals surface area contributed by atoms with Gasteiger partial charge >= 0.3 is 0 Å². The lowest BCUT2D eigenvalue weighted by Crippen LogP contribution is -2.37. The molecule has 2 rings (SSSR count). The van der Waals surface area contributed by atoms with Gasteiger partial charge in [0.25, 0.3) is 0 Å². The normalized spacial score (nSPS) is 32.4. The summed E-state index contributed by atoms with van der Waals surface area (Å²) in [5, 5.41) is 13.3. The summed E-state index contributed by atoms with van der Waals surface area (Å²) in [6.45, 7) is 5.03. The van der Waals surface area contributed by atoms with Gasteiger partial charge in [0.15, 0.2) is 0 Å². The topological polar surface area (TPSA) is 50.7 Å². The molecule has 1 heterocycles. The van der Waals surface area contributed by atoms with E-state index in [0.717, 1.165) is 32.4 Å². The lowest BCUT2D eigenvalue weighted by molar-refractivity contribution is -0.0503. The van der Waals surface area contributed by atoms with E-state index in [2.05, 4.69) is 12.2 Å². The monoisotopic (exact) mass is 285 g/mol. The quantitative estimate of drug-likeness (QED) is 0.717. The molecule has 4 nitrogen and oxygen atoms in total. The zero-order chi connectivity index (χ0) is 14.2. The van der Waals surface area contributed by atoms with Crippen molar-refractivity contribution >= 4 is 0 Å². The van der Waals surface area contributed by atoms with Crippen molar-refractivity contribution in [2.24, 2.45) is 5.92 Å². The molecule has 2 aliphatic rings. The summed E-state index contributed by atoms with van der Waals surface area (Å²) < 4.78 is 11.5. The van der Waals surface area contributed by atoms with Crippen LogP contribution in [0.25, 0.3) is 0 Å². The molecule has 20 heavy (non-hydrogen) atoms. The summed E-state index contributed by atoms with van der Waals surface area (Å²) in [6, 6.07) is 0. The van der Waals surface area contributed by atoms with Gasteiger partial charge in [-0.15, -0.1) is 0 Å². The third kappa shape index (κ3) is 5.32. The second kappa shape index (κ2) is 8.98. The number of nitrogens with one attached hydrogen (secondary N) is 1. The van der Waals surface area contributed by atoms with E-state index < -0.39 is 6.10 Å². The molecule has 4 unspecified atom stereocenters. The Hall–Kier alpha value is -0.160. The molecular formula is C16H31NO3. The third-order valence-corrected chi connectivity index (χ3v) is 4.64. The highest BCUT2D eigenvalue weighted by Crippen LogP contribution is 2.29. The predicted octanol–water partition coefficient (Wildman–Crippen LogP) is 2.10. The molecule has 0 spiro atoms. The molecule has 4 atom stereocenters. The van der Waals surface area contributed by atoms with Crippen LogP contribution in [0.3, 0.4) is 0 Å². The van der Waals surface area contributed by atoms with E-state index in [1.54, 1.807) is 0 Å². The van der Waals surface area contributed by atoms with Gasteiger partial charge in [-0.3, -0.25) is 0 Å². The van der Waals surface area contributed by atoms with E-state index in [1.165, 1.54) is 25.7 Å². The van der Waals surface area contributed by atoms with Gasteiger partial charge < -0.3 is 19.9 Å². The maximum absolute atomic E-state index is 9.98. The number of aliphatic hydroxyl groups excluding tert-OH is 1. The predicted molar refractivity (Wildman–Crippen MR) is 79.8 cm³/mol. The molecule has 0 aromatic carbocycles. The zero-order valence-electron chi connectivity index (χ0n) is 12.9. The standard InChI is InChI=1S/C16H31NO3/c1-2-13-6-3-4-8-16(13)20-12-14(18)10-17-11-15-7-5-9-19-15/h13-18H,2-12H2,1H3. The Morgan fingerprint density at radius 2 is 2.10 bits per heavy atom. The summed E-state index contributed by atoms with van der Waals surface area (Å²) in [5.74, 6) is 0.691. The number of hydrogen-bond donors (Lipinski definition) is 2. The van der Waals surface area contributed by atoms with E-state index in [0.29, 0.717) is 31.3 Å². The Balaban J connectivity index is 1.55. The number of hydrogen-bond acceptors (Lipinski definition) is 4. The molecule has 0 aromatic heterocycles. The van der Waals surface area contributed by atoms with Crippen LogP contribution in [-0.4, -0.2) is 49.7 Å². The lowest BCUT2D eigenvalue weighted by atomic mass is 9.85. The smallest absolute Gasteiger partial charge is 0.0897 e. The van der Waals surface area contributed by atoms with Crippen molar-refractivity contribution in [3.8, 4) is 0 Å². The molecule has 118 valence electrons. The highest BCUT2D eigenvalue weighted by atomic mass is 16.5. The molecule has 2 N–H and O–H groups in total. The SMILES string of the molecule is CCC1CCCCC1OCC(O)CNCC1CCCO1. The molecule has 1 aliphatic heterocycles. The van der Waals surface area contributed by atoms with E-state index in [4.69, 9.17) is 9.47 Å². The van der Waals surface area contributed by atoms with Gasteiger partial charge in [-0.05, 0) is 31.6 Å². The van der Waals surface area contributed by atoms with Crippen LogP contribution in [-0.2, 0) is 9.47 Å². The van der Waals surface area contributed by atoms with Gasteiger partial charge in [-0.1, -0.05) is 26.2 Å². The Morgan fingerprint density at radius 1 is 1.25 bits per heavy atom. The molecule has 0 aromatic rings. The van der Waals surface area contributed by atoms with Gasteiger partial charge in [-0.25, -0.2) is 0 Å². The van der Waals surface area contributed by atoms with Crippen LogP contribution in [0, 0.1) is 5.92 Å². The van der Waals surface area contributed by atoms with E-state index >= 15 is 0 Å². The van der Waals surface area contributed by atoms with Crippen LogP contribution < -0.4 is 5.32 Å². The van der Waals surface area contributed by atoms with Crippen LogP contribution >= 0.6 is 0 Å². The lowest BCUT2D eigenvalue weighted by Gasteiger charge is -2.31. The first-order valence-corrected chi connectivity index (χ1v) is 8.41. The Kier molecular flexibility index (Phi) is 7.28. The molecule has 0 radical (unpaired) electrons. The molecule has 4 heteroatoms. The summed E-state index contributed by atoms with van der Waals surface area (Å²) >= 11 is 0. The fraction of sp³-hybridized carbons (Fsp3) is 1.00. The first-order valence-electron chi connectivity index (χ1n) is 8.41. The van der Waals surface area contributed by atoms with E-state index in [9.17, 15) is 5.11 Å². The molecule has 1 aliphatic carbocycles. The number of aliphatic hydroxyl groups is 1. The van der Waals surface area contributed by atoms with Crippen molar-refractivity contribution in [1.29, 1.82) is 0 Å². The number of rotatable bonds is 8. The van der Waals surface area contributed by atoms with Crippen LogP contribution in [0.15, 0.2) is 0 Å². The van der Waals surface area contributed by atoms with Gasteiger partial charge in [0.1, 0.15) is 0 Å². The summed E-state index contributed by atoms with van der Waals surface area (Å²) in [4.78, 5) is 0. The average molecular weight is 285 g/mol. The van der Waals surface area contributed by atoms with Crippen molar-refractivity contribution in [2.75, 3.05) is 26.3 Å². The van der Waals surface area contributed by atoms with E-state index in [1.807, 2.05) is 0 Å². The van der Waals surface area contributed by atoms with Crippen LogP contribution in [0.2, 0.25) is 0 Å². The number of ether oxygens (including phenoxy) is 2. The molecule has 0 bridgehead atoms. The first kappa shape index (κ1) is 16.2. The average Bonchev–Trinajstić information content (AvgIpc) is 2.98. The highest BCUT2D eigenvalue weighted by Gasteiger charge is 2.25. The zero-order valence-corrected chi connectivity index (χ0v) is 12.9.